The average molecular weight is 350 g/mol. The minimum Gasteiger partial charge on any atom is -0.493 e. The summed E-state index contributed by atoms with van der Waals surface area (Å²) in [7, 11) is 5.22. The van der Waals surface area contributed by atoms with Crippen molar-refractivity contribution in [1.82, 2.24) is 5.32 Å². The van der Waals surface area contributed by atoms with Gasteiger partial charge in [-0.25, -0.2) is 0 Å². The van der Waals surface area contributed by atoms with Crippen LogP contribution >= 0.6 is 0 Å². The SMILES string of the molecule is COc1cc(C(=O)NCc2ccc(N(C)C)cc2)ccc1OC(F)F. The van der Waals surface area contributed by atoms with E-state index in [0.717, 1.165) is 11.3 Å². The van der Waals surface area contributed by atoms with E-state index in [1.165, 1.54) is 25.3 Å². The predicted molar refractivity (Wildman–Crippen MR) is 91.6 cm³/mol. The van der Waals surface area contributed by atoms with Gasteiger partial charge in [-0.05, 0) is 35.9 Å². The van der Waals surface area contributed by atoms with Crippen molar-refractivity contribution in [2.75, 3.05) is 26.1 Å². The summed E-state index contributed by atoms with van der Waals surface area (Å²) in [5, 5.41) is 2.78. The van der Waals surface area contributed by atoms with Crippen molar-refractivity contribution < 1.29 is 23.0 Å². The molecule has 0 aliphatic heterocycles. The van der Waals surface area contributed by atoms with Crippen LogP contribution in [-0.2, 0) is 6.54 Å². The number of rotatable bonds is 7. The second kappa shape index (κ2) is 8.32. The molecule has 0 saturated heterocycles. The number of carbonyl (C=O) groups is 1. The number of benzene rings is 2. The number of hydrogen-bond acceptors (Lipinski definition) is 4. The number of carbonyl (C=O) groups excluding carboxylic acids is 1. The molecule has 0 atom stereocenters. The summed E-state index contributed by atoms with van der Waals surface area (Å²) >= 11 is 0. The Morgan fingerprint density at radius 1 is 1.12 bits per heavy atom. The molecule has 1 amide bonds. The van der Waals surface area contributed by atoms with Crippen LogP contribution in [-0.4, -0.2) is 33.7 Å². The normalized spacial score (nSPS) is 10.5. The highest BCUT2D eigenvalue weighted by Crippen LogP contribution is 2.29. The van der Waals surface area contributed by atoms with E-state index in [1.807, 2.05) is 43.3 Å². The molecule has 1 N–H and O–H groups in total. The summed E-state index contributed by atoms with van der Waals surface area (Å²) < 4.78 is 34.0. The van der Waals surface area contributed by atoms with E-state index in [0.29, 0.717) is 12.1 Å². The zero-order chi connectivity index (χ0) is 18.4. The molecule has 0 bridgehead atoms. The van der Waals surface area contributed by atoms with Crippen molar-refractivity contribution in [2.24, 2.45) is 0 Å². The highest BCUT2D eigenvalue weighted by molar-refractivity contribution is 5.94. The number of anilines is 1. The maximum Gasteiger partial charge on any atom is 0.387 e. The number of alkyl halides is 2. The number of methoxy groups -OCH3 is 1. The second-order valence-corrected chi connectivity index (χ2v) is 5.49. The van der Waals surface area contributed by atoms with Gasteiger partial charge in [0, 0.05) is 31.9 Å². The quantitative estimate of drug-likeness (QED) is 0.833. The number of halogens is 2. The van der Waals surface area contributed by atoms with Gasteiger partial charge in [-0.3, -0.25) is 4.79 Å². The fraction of sp³-hybridized carbons (Fsp3) is 0.278. The van der Waals surface area contributed by atoms with E-state index in [-0.39, 0.29) is 17.4 Å². The summed E-state index contributed by atoms with van der Waals surface area (Å²) in [4.78, 5) is 14.2. The molecule has 0 fully saturated rings. The smallest absolute Gasteiger partial charge is 0.387 e. The van der Waals surface area contributed by atoms with E-state index >= 15 is 0 Å². The molecule has 5 nitrogen and oxygen atoms in total. The molecule has 0 aliphatic rings. The van der Waals surface area contributed by atoms with Crippen LogP contribution in [0.4, 0.5) is 14.5 Å². The van der Waals surface area contributed by atoms with Crippen LogP contribution in [0.2, 0.25) is 0 Å². The number of nitrogens with zero attached hydrogens (tertiary/aromatic N) is 1. The van der Waals surface area contributed by atoms with Gasteiger partial charge in [-0.1, -0.05) is 12.1 Å². The molecule has 7 heteroatoms. The van der Waals surface area contributed by atoms with Gasteiger partial charge in [0.15, 0.2) is 11.5 Å². The third-order valence-corrected chi connectivity index (χ3v) is 3.55. The summed E-state index contributed by atoms with van der Waals surface area (Å²) in [5.74, 6) is -0.379. The van der Waals surface area contributed by atoms with Gasteiger partial charge in [0.25, 0.3) is 5.91 Å². The first-order valence-corrected chi connectivity index (χ1v) is 7.58. The lowest BCUT2D eigenvalue weighted by molar-refractivity contribution is -0.0512. The maximum atomic E-state index is 12.3. The Labute approximate surface area is 145 Å². The van der Waals surface area contributed by atoms with Crippen molar-refractivity contribution in [2.45, 2.75) is 13.2 Å². The summed E-state index contributed by atoms with van der Waals surface area (Å²) in [6, 6.07) is 11.8. The van der Waals surface area contributed by atoms with Crippen LogP contribution in [0.15, 0.2) is 42.5 Å². The second-order valence-electron chi connectivity index (χ2n) is 5.49. The van der Waals surface area contributed by atoms with Crippen LogP contribution < -0.4 is 19.7 Å². The molecular formula is C18H20F2N2O3. The summed E-state index contributed by atoms with van der Waals surface area (Å²) in [5.41, 5.74) is 2.31. The zero-order valence-corrected chi connectivity index (χ0v) is 14.3. The first kappa shape index (κ1) is 18.5. The highest BCUT2D eigenvalue weighted by Gasteiger charge is 2.14. The lowest BCUT2D eigenvalue weighted by Crippen LogP contribution is -2.23. The largest absolute Gasteiger partial charge is 0.493 e. The third kappa shape index (κ3) is 5.07. The van der Waals surface area contributed by atoms with Gasteiger partial charge >= 0.3 is 6.61 Å². The van der Waals surface area contributed by atoms with Crippen molar-refractivity contribution in [3.8, 4) is 11.5 Å². The molecule has 0 unspecified atom stereocenters. The molecule has 25 heavy (non-hydrogen) atoms. The average Bonchev–Trinajstić information content (AvgIpc) is 2.59. The fourth-order valence-corrected chi connectivity index (χ4v) is 2.20. The lowest BCUT2D eigenvalue weighted by Gasteiger charge is -2.13. The third-order valence-electron chi connectivity index (χ3n) is 3.55. The van der Waals surface area contributed by atoms with Gasteiger partial charge in [-0.15, -0.1) is 0 Å². The van der Waals surface area contributed by atoms with Gasteiger partial charge in [0.05, 0.1) is 7.11 Å². The Bertz CT molecular complexity index is 719. The monoisotopic (exact) mass is 350 g/mol. The number of amides is 1. The fourth-order valence-electron chi connectivity index (χ4n) is 2.20. The molecular weight excluding hydrogens is 330 g/mol. The standard InChI is InChI=1S/C18H20F2N2O3/c1-22(2)14-7-4-12(5-8-14)11-21-17(23)13-6-9-15(25-18(19)20)16(10-13)24-3/h4-10,18H,11H2,1-3H3,(H,21,23). The summed E-state index contributed by atoms with van der Waals surface area (Å²) in [6.45, 7) is -2.61. The highest BCUT2D eigenvalue weighted by atomic mass is 19.3. The Balaban J connectivity index is 2.02. The Morgan fingerprint density at radius 3 is 2.36 bits per heavy atom. The molecule has 0 aliphatic carbocycles. The topological polar surface area (TPSA) is 50.8 Å². The van der Waals surface area contributed by atoms with Crippen LogP contribution in [0.3, 0.4) is 0 Å². The number of nitrogens with one attached hydrogen (secondary N) is 1. The van der Waals surface area contributed by atoms with E-state index in [1.54, 1.807) is 0 Å². The van der Waals surface area contributed by atoms with Crippen LogP contribution in [0.25, 0.3) is 0 Å². The van der Waals surface area contributed by atoms with E-state index in [4.69, 9.17) is 4.74 Å². The van der Waals surface area contributed by atoms with Crippen molar-refractivity contribution in [3.63, 3.8) is 0 Å². The van der Waals surface area contributed by atoms with Gasteiger partial charge in [-0.2, -0.15) is 8.78 Å². The van der Waals surface area contributed by atoms with Crippen molar-refractivity contribution in [1.29, 1.82) is 0 Å². The molecule has 0 aromatic heterocycles. The van der Waals surface area contributed by atoms with Crippen molar-refractivity contribution in [3.05, 3.63) is 53.6 Å². The molecule has 2 aromatic carbocycles. The maximum absolute atomic E-state index is 12.3. The lowest BCUT2D eigenvalue weighted by atomic mass is 10.1. The number of ether oxygens (including phenoxy) is 2. The van der Waals surface area contributed by atoms with E-state index < -0.39 is 6.61 Å². The molecule has 2 rings (SSSR count). The summed E-state index contributed by atoms with van der Waals surface area (Å²) in [6.07, 6.45) is 0. The first-order valence-electron chi connectivity index (χ1n) is 7.58. The minimum atomic E-state index is -2.96. The zero-order valence-electron chi connectivity index (χ0n) is 14.3. The molecule has 0 saturated carbocycles. The van der Waals surface area contributed by atoms with Crippen molar-refractivity contribution >= 4 is 11.6 Å². The Morgan fingerprint density at radius 2 is 1.80 bits per heavy atom. The molecule has 0 radical (unpaired) electrons. The molecule has 0 heterocycles. The van der Waals surface area contributed by atoms with E-state index in [2.05, 4.69) is 10.1 Å². The Hall–Kier alpha value is -2.83. The first-order chi connectivity index (χ1) is 11.9. The van der Waals surface area contributed by atoms with Crippen LogP contribution in [0.1, 0.15) is 15.9 Å². The van der Waals surface area contributed by atoms with Gasteiger partial charge in [0.2, 0.25) is 0 Å². The molecule has 134 valence electrons. The van der Waals surface area contributed by atoms with Gasteiger partial charge < -0.3 is 19.7 Å². The minimum absolute atomic E-state index is 0.0725. The number of hydrogen-bond donors (Lipinski definition) is 1. The van der Waals surface area contributed by atoms with Gasteiger partial charge in [0.1, 0.15) is 0 Å². The molecule has 0 spiro atoms. The van der Waals surface area contributed by atoms with Crippen LogP contribution in [0, 0.1) is 0 Å². The Kier molecular flexibility index (Phi) is 6.16. The van der Waals surface area contributed by atoms with Crippen LogP contribution in [0.5, 0.6) is 11.5 Å². The van der Waals surface area contributed by atoms with E-state index in [9.17, 15) is 13.6 Å². The molecule has 2 aromatic rings. The predicted octanol–water partition coefficient (Wildman–Crippen LogP) is 3.29.